The Morgan fingerprint density at radius 1 is 1.23 bits per heavy atom. The number of nitrogens with one attached hydrogen (secondary N) is 2. The first-order valence-electron chi connectivity index (χ1n) is 7.94. The number of hydrogen-bond acceptors (Lipinski definition) is 3. The molecule has 1 fully saturated rings. The van der Waals surface area contributed by atoms with Gasteiger partial charge in [0.15, 0.2) is 5.82 Å². The van der Waals surface area contributed by atoms with Crippen LogP contribution in [0, 0.1) is 0 Å². The zero-order chi connectivity index (χ0) is 15.2. The number of rotatable bonds is 6. The molecular formula is C17H22N4O. The van der Waals surface area contributed by atoms with Crippen LogP contribution in [0.25, 0.3) is 11.3 Å². The highest BCUT2D eigenvalue weighted by Crippen LogP contribution is 2.19. The molecule has 0 atom stereocenters. The summed E-state index contributed by atoms with van der Waals surface area (Å²) in [6.45, 7) is 3.38. The van der Waals surface area contributed by atoms with E-state index in [-0.39, 0.29) is 5.91 Å². The Labute approximate surface area is 130 Å². The minimum atomic E-state index is 0.0327. The molecule has 3 rings (SSSR count). The smallest absolute Gasteiger partial charge is 0.225 e. The van der Waals surface area contributed by atoms with Gasteiger partial charge in [-0.05, 0) is 44.5 Å². The molecule has 2 N–H and O–H groups in total. The van der Waals surface area contributed by atoms with Gasteiger partial charge in [0.25, 0.3) is 0 Å². The fourth-order valence-electron chi connectivity index (χ4n) is 2.83. The van der Waals surface area contributed by atoms with E-state index in [4.69, 9.17) is 0 Å². The zero-order valence-corrected chi connectivity index (χ0v) is 12.7. The molecule has 0 radical (unpaired) electrons. The van der Waals surface area contributed by atoms with Gasteiger partial charge in [-0.15, -0.1) is 0 Å². The first-order valence-corrected chi connectivity index (χ1v) is 7.94. The highest BCUT2D eigenvalue weighted by Gasteiger charge is 2.12. The van der Waals surface area contributed by atoms with Crippen molar-refractivity contribution in [1.29, 1.82) is 0 Å². The Hall–Kier alpha value is -2.14. The average molecular weight is 298 g/mol. The molecule has 0 aliphatic carbocycles. The van der Waals surface area contributed by atoms with E-state index in [1.54, 1.807) is 0 Å². The molecule has 0 saturated carbocycles. The summed E-state index contributed by atoms with van der Waals surface area (Å²) >= 11 is 0. The lowest BCUT2D eigenvalue weighted by Crippen LogP contribution is -2.22. The Bertz CT molecular complexity index is 602. The Balaban J connectivity index is 1.46. The third kappa shape index (κ3) is 3.95. The van der Waals surface area contributed by atoms with Crippen LogP contribution >= 0.6 is 0 Å². The van der Waals surface area contributed by atoms with Crippen LogP contribution in [0.15, 0.2) is 36.4 Å². The molecular weight excluding hydrogens is 276 g/mol. The van der Waals surface area contributed by atoms with E-state index in [9.17, 15) is 4.79 Å². The number of amides is 1. The summed E-state index contributed by atoms with van der Waals surface area (Å²) in [4.78, 5) is 14.4. The topological polar surface area (TPSA) is 61.0 Å². The van der Waals surface area contributed by atoms with Crippen LogP contribution in [0.2, 0.25) is 0 Å². The van der Waals surface area contributed by atoms with Gasteiger partial charge in [0.05, 0.1) is 5.69 Å². The molecule has 5 nitrogen and oxygen atoms in total. The van der Waals surface area contributed by atoms with Gasteiger partial charge in [-0.2, -0.15) is 5.10 Å². The van der Waals surface area contributed by atoms with E-state index in [1.165, 1.54) is 25.9 Å². The quantitative estimate of drug-likeness (QED) is 0.862. The van der Waals surface area contributed by atoms with Crippen molar-refractivity contribution in [2.75, 3.05) is 25.0 Å². The number of H-pyrrole nitrogens is 1. The van der Waals surface area contributed by atoms with Crippen LogP contribution in [-0.2, 0) is 4.79 Å². The molecule has 1 aromatic carbocycles. The molecule has 2 aromatic rings. The first-order chi connectivity index (χ1) is 10.8. The van der Waals surface area contributed by atoms with Crippen molar-refractivity contribution >= 4 is 11.7 Å². The number of nitrogens with zero attached hydrogens (tertiary/aromatic N) is 2. The van der Waals surface area contributed by atoms with E-state index in [2.05, 4.69) is 20.4 Å². The van der Waals surface area contributed by atoms with Crippen molar-refractivity contribution in [3.63, 3.8) is 0 Å². The maximum absolute atomic E-state index is 11.9. The van der Waals surface area contributed by atoms with Crippen molar-refractivity contribution in [3.05, 3.63) is 36.4 Å². The SMILES string of the molecule is O=C(CCCN1CCCC1)Nc1cc(-c2ccccc2)[nH]n1. The van der Waals surface area contributed by atoms with E-state index in [1.807, 2.05) is 36.4 Å². The minimum Gasteiger partial charge on any atom is -0.309 e. The van der Waals surface area contributed by atoms with E-state index < -0.39 is 0 Å². The second-order valence-corrected chi connectivity index (χ2v) is 5.73. The maximum atomic E-state index is 11.9. The van der Waals surface area contributed by atoms with E-state index in [0.717, 1.165) is 24.2 Å². The van der Waals surface area contributed by atoms with Crippen LogP contribution in [0.4, 0.5) is 5.82 Å². The van der Waals surface area contributed by atoms with Gasteiger partial charge in [-0.1, -0.05) is 30.3 Å². The molecule has 1 aliphatic rings. The highest BCUT2D eigenvalue weighted by atomic mass is 16.1. The lowest BCUT2D eigenvalue weighted by molar-refractivity contribution is -0.116. The number of anilines is 1. The number of aromatic nitrogens is 2. The normalized spacial score (nSPS) is 15.1. The summed E-state index contributed by atoms with van der Waals surface area (Å²) in [6.07, 6.45) is 4.04. The molecule has 5 heteroatoms. The van der Waals surface area contributed by atoms with Crippen molar-refractivity contribution in [2.45, 2.75) is 25.7 Å². The lowest BCUT2D eigenvalue weighted by atomic mass is 10.1. The molecule has 1 amide bonds. The molecule has 22 heavy (non-hydrogen) atoms. The van der Waals surface area contributed by atoms with Gasteiger partial charge in [0.1, 0.15) is 0 Å². The monoisotopic (exact) mass is 298 g/mol. The Morgan fingerprint density at radius 3 is 2.77 bits per heavy atom. The molecule has 0 spiro atoms. The molecule has 1 aromatic heterocycles. The fourth-order valence-corrected chi connectivity index (χ4v) is 2.83. The second-order valence-electron chi connectivity index (χ2n) is 5.73. The first kappa shape index (κ1) is 14.8. The maximum Gasteiger partial charge on any atom is 0.225 e. The standard InChI is InChI=1S/C17H22N4O/c22-17(9-6-12-21-10-4-5-11-21)18-16-13-15(19-20-16)14-7-2-1-3-8-14/h1-3,7-8,13H,4-6,9-12H2,(H2,18,19,20,22). The van der Waals surface area contributed by atoms with Gasteiger partial charge in [0.2, 0.25) is 5.91 Å². The summed E-state index contributed by atoms with van der Waals surface area (Å²) in [7, 11) is 0. The van der Waals surface area contributed by atoms with Crippen molar-refractivity contribution in [1.82, 2.24) is 15.1 Å². The molecule has 0 bridgehead atoms. The van der Waals surface area contributed by atoms with Crippen LogP contribution in [-0.4, -0.2) is 40.6 Å². The summed E-state index contributed by atoms with van der Waals surface area (Å²) in [5.41, 5.74) is 1.97. The van der Waals surface area contributed by atoms with Gasteiger partial charge in [-0.3, -0.25) is 9.89 Å². The summed E-state index contributed by atoms with van der Waals surface area (Å²) < 4.78 is 0. The number of carbonyl (C=O) groups excluding carboxylic acids is 1. The average Bonchev–Trinajstić information content (AvgIpc) is 3.20. The molecule has 2 heterocycles. The van der Waals surface area contributed by atoms with Gasteiger partial charge < -0.3 is 10.2 Å². The van der Waals surface area contributed by atoms with Gasteiger partial charge >= 0.3 is 0 Å². The largest absolute Gasteiger partial charge is 0.309 e. The predicted octanol–water partition coefficient (Wildman–Crippen LogP) is 2.89. The molecule has 0 unspecified atom stereocenters. The summed E-state index contributed by atoms with van der Waals surface area (Å²) in [6, 6.07) is 11.8. The van der Waals surface area contributed by atoms with Crippen LogP contribution in [0.5, 0.6) is 0 Å². The zero-order valence-electron chi connectivity index (χ0n) is 12.7. The Morgan fingerprint density at radius 2 is 2.00 bits per heavy atom. The fraction of sp³-hybridized carbons (Fsp3) is 0.412. The molecule has 116 valence electrons. The Kier molecular flexibility index (Phi) is 4.85. The second kappa shape index (κ2) is 7.22. The molecule has 1 saturated heterocycles. The lowest BCUT2D eigenvalue weighted by Gasteiger charge is -2.13. The van der Waals surface area contributed by atoms with Gasteiger partial charge in [0, 0.05) is 12.5 Å². The highest BCUT2D eigenvalue weighted by molar-refractivity contribution is 5.90. The van der Waals surface area contributed by atoms with Crippen molar-refractivity contribution < 1.29 is 4.79 Å². The number of hydrogen-bond donors (Lipinski definition) is 2. The van der Waals surface area contributed by atoms with Crippen LogP contribution in [0.1, 0.15) is 25.7 Å². The third-order valence-electron chi connectivity index (χ3n) is 4.01. The van der Waals surface area contributed by atoms with E-state index >= 15 is 0 Å². The number of carbonyl (C=O) groups is 1. The summed E-state index contributed by atoms with van der Waals surface area (Å²) in [5, 5.41) is 9.96. The molecule has 1 aliphatic heterocycles. The minimum absolute atomic E-state index is 0.0327. The predicted molar refractivity (Wildman–Crippen MR) is 87.6 cm³/mol. The third-order valence-corrected chi connectivity index (χ3v) is 4.01. The van der Waals surface area contributed by atoms with Crippen LogP contribution in [0.3, 0.4) is 0 Å². The van der Waals surface area contributed by atoms with Crippen molar-refractivity contribution in [3.8, 4) is 11.3 Å². The van der Waals surface area contributed by atoms with Gasteiger partial charge in [-0.25, -0.2) is 0 Å². The number of aromatic amines is 1. The van der Waals surface area contributed by atoms with E-state index in [0.29, 0.717) is 12.2 Å². The number of benzene rings is 1. The van der Waals surface area contributed by atoms with Crippen molar-refractivity contribution in [2.24, 2.45) is 0 Å². The number of likely N-dealkylation sites (tertiary alicyclic amines) is 1. The summed E-state index contributed by atoms with van der Waals surface area (Å²) in [5.74, 6) is 0.621. The van der Waals surface area contributed by atoms with Crippen LogP contribution < -0.4 is 5.32 Å².